The third-order valence-corrected chi connectivity index (χ3v) is 4.82. The van der Waals surface area contributed by atoms with Crippen LogP contribution in [-0.4, -0.2) is 37.6 Å². The molecule has 0 fully saturated rings. The molecule has 0 aliphatic rings. The number of aromatic nitrogens is 1. The summed E-state index contributed by atoms with van der Waals surface area (Å²) >= 11 is 0. The number of rotatable bonds is 7. The van der Waals surface area contributed by atoms with Gasteiger partial charge in [-0.3, -0.25) is 4.79 Å². The molecule has 0 saturated heterocycles. The van der Waals surface area contributed by atoms with Gasteiger partial charge >= 0.3 is 0 Å². The van der Waals surface area contributed by atoms with Gasteiger partial charge in [0.25, 0.3) is 0 Å². The molecule has 1 amide bonds. The molecule has 0 aliphatic heterocycles. The monoisotopic (exact) mass is 351 g/mol. The van der Waals surface area contributed by atoms with Gasteiger partial charge in [-0.15, -0.1) is 0 Å². The van der Waals surface area contributed by atoms with E-state index < -0.39 is 0 Å². The maximum Gasteiger partial charge on any atom is 0.236 e. The predicted octanol–water partition coefficient (Wildman–Crippen LogP) is 3.03. The van der Waals surface area contributed by atoms with E-state index in [2.05, 4.69) is 39.9 Å². The molecule has 3 rings (SSSR count). The third kappa shape index (κ3) is 3.73. The van der Waals surface area contributed by atoms with Gasteiger partial charge in [-0.05, 0) is 43.3 Å². The highest BCUT2D eigenvalue weighted by Gasteiger charge is 2.20. The van der Waals surface area contributed by atoms with Crippen molar-refractivity contribution >= 4 is 16.8 Å². The van der Waals surface area contributed by atoms with E-state index in [-0.39, 0.29) is 17.9 Å². The van der Waals surface area contributed by atoms with Crippen molar-refractivity contribution in [2.24, 2.45) is 0 Å². The third-order valence-electron chi connectivity index (χ3n) is 4.82. The van der Waals surface area contributed by atoms with Crippen LogP contribution in [0, 0.1) is 0 Å². The molecule has 5 nitrogen and oxygen atoms in total. The normalized spacial score (nSPS) is 13.3. The Bertz CT molecular complexity index is 870. The highest BCUT2D eigenvalue weighted by Crippen LogP contribution is 2.31. The SMILES string of the molecule is CN[C@@H](C)C(=O)NCC(c1ccc(OC)cc1)c1c[nH]c2ccccc12. The Kier molecular flexibility index (Phi) is 5.58. The molecular formula is C21H25N3O2. The van der Waals surface area contributed by atoms with E-state index in [1.165, 1.54) is 10.9 Å². The summed E-state index contributed by atoms with van der Waals surface area (Å²) < 4.78 is 5.27. The van der Waals surface area contributed by atoms with Crippen molar-refractivity contribution in [1.82, 2.24) is 15.6 Å². The molecular weight excluding hydrogens is 326 g/mol. The number of amides is 1. The van der Waals surface area contributed by atoms with E-state index in [9.17, 15) is 4.79 Å². The fourth-order valence-electron chi connectivity index (χ4n) is 3.11. The average molecular weight is 351 g/mol. The van der Waals surface area contributed by atoms with E-state index in [1.54, 1.807) is 14.2 Å². The van der Waals surface area contributed by atoms with E-state index in [4.69, 9.17) is 4.74 Å². The number of carbonyl (C=O) groups excluding carboxylic acids is 1. The lowest BCUT2D eigenvalue weighted by Crippen LogP contribution is -2.42. The second-order valence-corrected chi connectivity index (χ2v) is 6.37. The van der Waals surface area contributed by atoms with E-state index in [1.807, 2.05) is 37.4 Å². The van der Waals surface area contributed by atoms with Crippen molar-refractivity contribution in [3.05, 3.63) is 65.9 Å². The Morgan fingerprint density at radius 1 is 1.15 bits per heavy atom. The molecule has 2 atom stereocenters. The summed E-state index contributed by atoms with van der Waals surface area (Å²) in [6.45, 7) is 2.38. The van der Waals surface area contributed by atoms with Gasteiger partial charge in [0.1, 0.15) is 5.75 Å². The molecule has 0 aliphatic carbocycles. The smallest absolute Gasteiger partial charge is 0.236 e. The van der Waals surface area contributed by atoms with Crippen LogP contribution in [0.2, 0.25) is 0 Å². The van der Waals surface area contributed by atoms with Crippen molar-refractivity contribution in [1.29, 1.82) is 0 Å². The molecule has 5 heteroatoms. The average Bonchev–Trinajstić information content (AvgIpc) is 3.12. The maximum atomic E-state index is 12.2. The van der Waals surface area contributed by atoms with Gasteiger partial charge in [0.15, 0.2) is 0 Å². The Morgan fingerprint density at radius 2 is 1.88 bits per heavy atom. The Morgan fingerprint density at radius 3 is 2.58 bits per heavy atom. The quantitative estimate of drug-likeness (QED) is 0.613. The first-order valence-corrected chi connectivity index (χ1v) is 8.79. The number of fused-ring (bicyclic) bond motifs is 1. The van der Waals surface area contributed by atoms with Crippen LogP contribution in [0.25, 0.3) is 10.9 Å². The highest BCUT2D eigenvalue weighted by atomic mass is 16.5. The van der Waals surface area contributed by atoms with Gasteiger partial charge in [0, 0.05) is 29.6 Å². The molecule has 2 aromatic carbocycles. The van der Waals surface area contributed by atoms with Crippen molar-refractivity contribution < 1.29 is 9.53 Å². The van der Waals surface area contributed by atoms with Crippen molar-refractivity contribution in [3.63, 3.8) is 0 Å². The molecule has 0 spiro atoms. The van der Waals surface area contributed by atoms with Gasteiger partial charge < -0.3 is 20.4 Å². The number of benzene rings is 2. The molecule has 26 heavy (non-hydrogen) atoms. The molecule has 3 N–H and O–H groups in total. The van der Waals surface area contributed by atoms with Crippen molar-refractivity contribution in [2.45, 2.75) is 18.9 Å². The van der Waals surface area contributed by atoms with Crippen LogP contribution in [0.15, 0.2) is 54.7 Å². The molecule has 0 bridgehead atoms. The van der Waals surface area contributed by atoms with Crippen LogP contribution >= 0.6 is 0 Å². The minimum atomic E-state index is -0.227. The van der Waals surface area contributed by atoms with Crippen LogP contribution in [-0.2, 0) is 4.79 Å². The number of ether oxygens (including phenoxy) is 1. The summed E-state index contributed by atoms with van der Waals surface area (Å²) in [5.41, 5.74) is 3.40. The zero-order valence-electron chi connectivity index (χ0n) is 15.4. The highest BCUT2D eigenvalue weighted by molar-refractivity contribution is 5.85. The first-order chi connectivity index (χ1) is 12.6. The van der Waals surface area contributed by atoms with Crippen molar-refractivity contribution in [3.8, 4) is 5.75 Å². The summed E-state index contributed by atoms with van der Waals surface area (Å²) in [5.74, 6) is 0.857. The minimum absolute atomic E-state index is 0.00847. The molecule has 1 heterocycles. The van der Waals surface area contributed by atoms with Crippen LogP contribution < -0.4 is 15.4 Å². The topological polar surface area (TPSA) is 66.2 Å². The number of para-hydroxylation sites is 1. The van der Waals surface area contributed by atoms with Gasteiger partial charge in [-0.25, -0.2) is 0 Å². The van der Waals surface area contributed by atoms with Gasteiger partial charge in [0.05, 0.1) is 13.2 Å². The lowest BCUT2D eigenvalue weighted by Gasteiger charge is -2.20. The van der Waals surface area contributed by atoms with Gasteiger partial charge in [0.2, 0.25) is 5.91 Å². The number of hydrogen-bond donors (Lipinski definition) is 3. The summed E-state index contributed by atoms with van der Waals surface area (Å²) in [7, 11) is 3.44. The number of nitrogens with one attached hydrogen (secondary N) is 3. The second-order valence-electron chi connectivity index (χ2n) is 6.37. The van der Waals surface area contributed by atoms with Gasteiger partial charge in [-0.1, -0.05) is 30.3 Å². The molecule has 3 aromatic rings. The number of carbonyl (C=O) groups is 1. The van der Waals surface area contributed by atoms with Crippen LogP contribution in [0.4, 0.5) is 0 Å². The maximum absolute atomic E-state index is 12.2. The predicted molar refractivity (Wildman–Crippen MR) is 105 cm³/mol. The molecule has 136 valence electrons. The fourth-order valence-corrected chi connectivity index (χ4v) is 3.11. The fraction of sp³-hybridized carbons (Fsp3) is 0.286. The second kappa shape index (κ2) is 8.06. The zero-order valence-corrected chi connectivity index (χ0v) is 15.4. The lowest BCUT2D eigenvalue weighted by molar-refractivity contribution is -0.122. The largest absolute Gasteiger partial charge is 0.497 e. The van der Waals surface area contributed by atoms with Crippen molar-refractivity contribution in [2.75, 3.05) is 20.7 Å². The van der Waals surface area contributed by atoms with E-state index >= 15 is 0 Å². The minimum Gasteiger partial charge on any atom is -0.497 e. The van der Waals surface area contributed by atoms with Gasteiger partial charge in [-0.2, -0.15) is 0 Å². The number of H-pyrrole nitrogens is 1. The van der Waals surface area contributed by atoms with Crippen LogP contribution in [0.1, 0.15) is 24.0 Å². The zero-order chi connectivity index (χ0) is 18.5. The number of methoxy groups -OCH3 is 1. The van der Waals surface area contributed by atoms with E-state index in [0.29, 0.717) is 6.54 Å². The summed E-state index contributed by atoms with van der Waals surface area (Å²) in [6.07, 6.45) is 2.03. The van der Waals surface area contributed by atoms with Crippen LogP contribution in [0.3, 0.4) is 0 Å². The summed E-state index contributed by atoms with van der Waals surface area (Å²) in [5, 5.41) is 7.21. The number of hydrogen-bond acceptors (Lipinski definition) is 3. The molecule has 1 unspecified atom stereocenters. The van der Waals surface area contributed by atoms with E-state index in [0.717, 1.165) is 16.8 Å². The number of aromatic amines is 1. The number of likely N-dealkylation sites (N-methyl/N-ethyl adjacent to an activating group) is 1. The molecule has 1 aromatic heterocycles. The summed E-state index contributed by atoms with van der Waals surface area (Å²) in [6, 6.07) is 16.0. The van der Waals surface area contributed by atoms with Crippen LogP contribution in [0.5, 0.6) is 5.75 Å². The molecule has 0 saturated carbocycles. The first-order valence-electron chi connectivity index (χ1n) is 8.79. The molecule has 0 radical (unpaired) electrons. The lowest BCUT2D eigenvalue weighted by atomic mass is 9.90. The first kappa shape index (κ1) is 18.0. The Hall–Kier alpha value is -2.79. The Balaban J connectivity index is 1.94. The summed E-state index contributed by atoms with van der Waals surface area (Å²) in [4.78, 5) is 15.6. The Labute approximate surface area is 153 Å². The standard InChI is InChI=1S/C21H25N3O2/c1-14(22-2)21(25)24-12-18(15-8-10-16(26-3)11-9-15)19-13-23-20-7-5-4-6-17(19)20/h4-11,13-14,18,22-23H,12H2,1-3H3,(H,24,25)/t14-,18?/m0/s1.